The average Bonchev–Trinajstić information content (AvgIpc) is 2.98. The third kappa shape index (κ3) is 2.79. The molecule has 4 heteroatoms. The normalized spacial score (nSPS) is 29.2. The van der Waals surface area contributed by atoms with E-state index in [9.17, 15) is 4.79 Å². The van der Waals surface area contributed by atoms with Crippen molar-refractivity contribution >= 4 is 17.7 Å². The molecular weight excluding hydrogens is 256 g/mol. The molecule has 1 amide bonds. The minimum absolute atomic E-state index is 0.157. The first kappa shape index (κ1) is 13.0. The highest BCUT2D eigenvalue weighted by Crippen LogP contribution is 2.38. The summed E-state index contributed by atoms with van der Waals surface area (Å²) in [6.07, 6.45) is 3.93. The van der Waals surface area contributed by atoms with Crippen LogP contribution in [0.25, 0.3) is 0 Å². The number of amides is 1. The Hall–Kier alpha value is -1.00. The maximum atomic E-state index is 12.1. The molecule has 0 radical (unpaired) electrons. The van der Waals surface area contributed by atoms with Crippen LogP contribution >= 0.6 is 11.8 Å². The Morgan fingerprint density at radius 2 is 2.21 bits per heavy atom. The smallest absolute Gasteiger partial charge is 0.220 e. The molecule has 1 aromatic carbocycles. The molecule has 3 atom stereocenters. The SMILES string of the molecule is N[C@@H]1CCC[C@H]1CC(=O)NC1CSc2ccccc21. The molecule has 3 N–H and O–H groups in total. The fourth-order valence-corrected chi connectivity index (χ4v) is 4.25. The molecule has 0 saturated heterocycles. The molecule has 3 nitrogen and oxygen atoms in total. The quantitative estimate of drug-likeness (QED) is 0.891. The standard InChI is InChI=1S/C15H20N2OS/c16-12-6-3-4-10(12)8-15(18)17-13-9-19-14-7-2-1-5-11(13)14/h1-2,5,7,10,12-13H,3-4,6,8-9,16H2,(H,17,18)/t10-,12+,13?/m0/s1. The summed E-state index contributed by atoms with van der Waals surface area (Å²) in [5, 5.41) is 3.17. The molecule has 1 saturated carbocycles. The predicted octanol–water partition coefficient (Wildman–Crippen LogP) is 2.47. The minimum atomic E-state index is 0.157. The van der Waals surface area contributed by atoms with Gasteiger partial charge in [0.05, 0.1) is 6.04 Å². The van der Waals surface area contributed by atoms with Crippen LogP contribution in [-0.2, 0) is 4.79 Å². The predicted molar refractivity (Wildman–Crippen MR) is 78.0 cm³/mol. The third-order valence-electron chi connectivity index (χ3n) is 4.20. The highest BCUT2D eigenvalue weighted by Gasteiger charge is 2.28. The summed E-state index contributed by atoms with van der Waals surface area (Å²) in [5.41, 5.74) is 7.29. The van der Waals surface area contributed by atoms with Gasteiger partial charge in [-0.05, 0) is 30.4 Å². The summed E-state index contributed by atoms with van der Waals surface area (Å²) < 4.78 is 0. The van der Waals surface area contributed by atoms with E-state index >= 15 is 0 Å². The lowest BCUT2D eigenvalue weighted by atomic mass is 9.99. The van der Waals surface area contributed by atoms with Gasteiger partial charge >= 0.3 is 0 Å². The van der Waals surface area contributed by atoms with Gasteiger partial charge in [0, 0.05) is 23.1 Å². The fraction of sp³-hybridized carbons (Fsp3) is 0.533. The molecule has 1 aliphatic carbocycles. The van der Waals surface area contributed by atoms with Crippen LogP contribution in [0.15, 0.2) is 29.2 Å². The van der Waals surface area contributed by atoms with Gasteiger partial charge in [-0.25, -0.2) is 0 Å². The van der Waals surface area contributed by atoms with Gasteiger partial charge in [0.2, 0.25) is 5.91 Å². The molecule has 1 aliphatic heterocycles. The van der Waals surface area contributed by atoms with Crippen LogP contribution in [0.3, 0.4) is 0 Å². The zero-order valence-electron chi connectivity index (χ0n) is 11.0. The van der Waals surface area contributed by atoms with Gasteiger partial charge in [0.25, 0.3) is 0 Å². The van der Waals surface area contributed by atoms with Crippen LogP contribution in [0.2, 0.25) is 0 Å². The van der Waals surface area contributed by atoms with Gasteiger partial charge < -0.3 is 11.1 Å². The highest BCUT2D eigenvalue weighted by atomic mass is 32.2. The number of nitrogens with one attached hydrogen (secondary N) is 1. The minimum Gasteiger partial charge on any atom is -0.348 e. The fourth-order valence-electron chi connectivity index (χ4n) is 3.09. The summed E-state index contributed by atoms with van der Waals surface area (Å²) in [6, 6.07) is 8.72. The van der Waals surface area contributed by atoms with Crippen molar-refractivity contribution in [3.05, 3.63) is 29.8 Å². The molecule has 1 aromatic rings. The van der Waals surface area contributed by atoms with Crippen LogP contribution in [0, 0.1) is 5.92 Å². The number of nitrogens with two attached hydrogens (primary N) is 1. The van der Waals surface area contributed by atoms with Crippen molar-refractivity contribution < 1.29 is 4.79 Å². The van der Waals surface area contributed by atoms with Crippen LogP contribution in [0.1, 0.15) is 37.3 Å². The van der Waals surface area contributed by atoms with E-state index in [1.54, 1.807) is 0 Å². The number of benzene rings is 1. The first-order chi connectivity index (χ1) is 9.24. The van der Waals surface area contributed by atoms with Gasteiger partial charge in [-0.1, -0.05) is 24.6 Å². The topological polar surface area (TPSA) is 55.1 Å². The molecule has 19 heavy (non-hydrogen) atoms. The molecule has 1 unspecified atom stereocenters. The first-order valence-electron chi connectivity index (χ1n) is 7.00. The van der Waals surface area contributed by atoms with Crippen molar-refractivity contribution in [1.29, 1.82) is 0 Å². The maximum Gasteiger partial charge on any atom is 0.220 e. The van der Waals surface area contributed by atoms with E-state index in [4.69, 9.17) is 5.73 Å². The summed E-state index contributed by atoms with van der Waals surface area (Å²) in [7, 11) is 0. The monoisotopic (exact) mass is 276 g/mol. The van der Waals surface area contributed by atoms with Crippen molar-refractivity contribution in [3.63, 3.8) is 0 Å². The van der Waals surface area contributed by atoms with Crippen molar-refractivity contribution in [2.75, 3.05) is 5.75 Å². The largest absolute Gasteiger partial charge is 0.348 e. The Balaban J connectivity index is 1.59. The maximum absolute atomic E-state index is 12.1. The second-order valence-corrected chi connectivity index (χ2v) is 6.59. The molecule has 3 rings (SSSR count). The zero-order valence-corrected chi connectivity index (χ0v) is 11.8. The summed E-state index contributed by atoms with van der Waals surface area (Å²) in [5.74, 6) is 1.48. The Bertz CT molecular complexity index is 477. The van der Waals surface area contributed by atoms with E-state index in [2.05, 4.69) is 17.4 Å². The number of rotatable bonds is 3. The van der Waals surface area contributed by atoms with E-state index in [1.165, 1.54) is 16.9 Å². The van der Waals surface area contributed by atoms with Crippen LogP contribution in [0.5, 0.6) is 0 Å². The van der Waals surface area contributed by atoms with Crippen LogP contribution in [-0.4, -0.2) is 17.7 Å². The second kappa shape index (κ2) is 5.55. The number of thioether (sulfide) groups is 1. The van der Waals surface area contributed by atoms with E-state index in [1.807, 2.05) is 23.9 Å². The molecular formula is C15H20N2OS. The van der Waals surface area contributed by atoms with Gasteiger partial charge in [0.15, 0.2) is 0 Å². The van der Waals surface area contributed by atoms with E-state index < -0.39 is 0 Å². The molecule has 1 fully saturated rings. The Morgan fingerprint density at radius 3 is 3.00 bits per heavy atom. The lowest BCUT2D eigenvalue weighted by molar-refractivity contribution is -0.122. The van der Waals surface area contributed by atoms with Crippen molar-refractivity contribution in [2.24, 2.45) is 11.7 Å². The summed E-state index contributed by atoms with van der Waals surface area (Å²) >= 11 is 1.82. The Morgan fingerprint density at radius 1 is 1.37 bits per heavy atom. The average molecular weight is 276 g/mol. The molecule has 0 bridgehead atoms. The molecule has 0 spiro atoms. The Labute approximate surface area is 118 Å². The summed E-state index contributed by atoms with van der Waals surface area (Å²) in [6.45, 7) is 0. The number of carbonyl (C=O) groups excluding carboxylic acids is 1. The molecule has 2 aliphatic rings. The molecule has 102 valence electrons. The van der Waals surface area contributed by atoms with E-state index in [0.717, 1.165) is 18.6 Å². The van der Waals surface area contributed by atoms with Gasteiger partial charge in [-0.15, -0.1) is 11.8 Å². The van der Waals surface area contributed by atoms with Crippen molar-refractivity contribution in [2.45, 2.75) is 42.7 Å². The van der Waals surface area contributed by atoms with Crippen LogP contribution < -0.4 is 11.1 Å². The van der Waals surface area contributed by atoms with E-state index in [0.29, 0.717) is 12.3 Å². The number of fused-ring (bicyclic) bond motifs is 1. The second-order valence-electron chi connectivity index (χ2n) is 5.53. The first-order valence-corrected chi connectivity index (χ1v) is 7.99. The summed E-state index contributed by atoms with van der Waals surface area (Å²) in [4.78, 5) is 13.4. The lowest BCUT2D eigenvalue weighted by Crippen LogP contribution is -2.33. The van der Waals surface area contributed by atoms with Crippen LogP contribution in [0.4, 0.5) is 0 Å². The number of carbonyl (C=O) groups is 1. The van der Waals surface area contributed by atoms with Crippen molar-refractivity contribution in [1.82, 2.24) is 5.32 Å². The lowest BCUT2D eigenvalue weighted by Gasteiger charge is -2.18. The molecule has 1 heterocycles. The molecule has 0 aromatic heterocycles. The zero-order chi connectivity index (χ0) is 13.2. The Kier molecular flexibility index (Phi) is 3.80. The number of hydrogen-bond donors (Lipinski definition) is 2. The number of hydrogen-bond acceptors (Lipinski definition) is 3. The van der Waals surface area contributed by atoms with Crippen molar-refractivity contribution in [3.8, 4) is 0 Å². The van der Waals surface area contributed by atoms with Gasteiger partial charge in [-0.3, -0.25) is 4.79 Å². The van der Waals surface area contributed by atoms with Gasteiger partial charge in [0.1, 0.15) is 0 Å². The van der Waals surface area contributed by atoms with Gasteiger partial charge in [-0.2, -0.15) is 0 Å². The highest BCUT2D eigenvalue weighted by molar-refractivity contribution is 7.99. The van der Waals surface area contributed by atoms with E-state index in [-0.39, 0.29) is 18.0 Å². The third-order valence-corrected chi connectivity index (χ3v) is 5.38.